The van der Waals surface area contributed by atoms with E-state index in [4.69, 9.17) is 9.47 Å². The van der Waals surface area contributed by atoms with E-state index in [0.29, 0.717) is 25.9 Å². The lowest BCUT2D eigenvalue weighted by atomic mass is 10.3. The molecule has 0 fully saturated rings. The lowest BCUT2D eigenvalue weighted by molar-refractivity contribution is 0.0351. The van der Waals surface area contributed by atoms with Gasteiger partial charge in [-0.25, -0.2) is 9.07 Å². The highest BCUT2D eigenvalue weighted by atomic mass is 19.1. The largest absolute Gasteiger partial charge is 0.376 e. The van der Waals surface area contributed by atoms with Crippen LogP contribution in [0, 0.1) is 0 Å². The smallest absolute Gasteiger partial charge is 0.113 e. The highest BCUT2D eigenvalue weighted by Crippen LogP contribution is 2.08. The van der Waals surface area contributed by atoms with Crippen LogP contribution in [0.25, 0.3) is 0 Å². The standard InChI is InChI=1S/C11H20FN3O2/c1-3-10(2)15-8-11(13-14-15)9-17-7-6-16-5-4-12/h8,10H,3-7,9H2,1-2H3. The van der Waals surface area contributed by atoms with Gasteiger partial charge in [-0.3, -0.25) is 0 Å². The Labute approximate surface area is 101 Å². The Morgan fingerprint density at radius 2 is 2.12 bits per heavy atom. The van der Waals surface area contributed by atoms with Crippen molar-refractivity contribution in [3.63, 3.8) is 0 Å². The number of aromatic nitrogens is 3. The third kappa shape index (κ3) is 5.23. The molecule has 1 rings (SSSR count). The highest BCUT2D eigenvalue weighted by Gasteiger charge is 2.05. The maximum atomic E-state index is 11.7. The Morgan fingerprint density at radius 1 is 1.35 bits per heavy atom. The summed E-state index contributed by atoms with van der Waals surface area (Å²) in [5.74, 6) is 0. The maximum Gasteiger partial charge on any atom is 0.113 e. The van der Waals surface area contributed by atoms with Crippen molar-refractivity contribution in [2.24, 2.45) is 0 Å². The van der Waals surface area contributed by atoms with Gasteiger partial charge in [0.15, 0.2) is 0 Å². The molecule has 1 aromatic heterocycles. The van der Waals surface area contributed by atoms with Gasteiger partial charge in [-0.1, -0.05) is 12.1 Å². The molecule has 5 nitrogen and oxygen atoms in total. The van der Waals surface area contributed by atoms with Crippen LogP contribution in [0.4, 0.5) is 4.39 Å². The fourth-order valence-electron chi connectivity index (χ4n) is 1.23. The first-order valence-electron chi connectivity index (χ1n) is 5.90. The average molecular weight is 245 g/mol. The fraction of sp³-hybridized carbons (Fsp3) is 0.818. The predicted octanol–water partition coefficient (Wildman–Crippen LogP) is 1.75. The van der Waals surface area contributed by atoms with Crippen molar-refractivity contribution in [3.05, 3.63) is 11.9 Å². The first-order valence-corrected chi connectivity index (χ1v) is 5.90. The van der Waals surface area contributed by atoms with Gasteiger partial charge in [-0.15, -0.1) is 5.10 Å². The molecule has 0 saturated heterocycles. The van der Waals surface area contributed by atoms with Gasteiger partial charge >= 0.3 is 0 Å². The van der Waals surface area contributed by atoms with Crippen molar-refractivity contribution < 1.29 is 13.9 Å². The molecule has 6 heteroatoms. The molecule has 0 aliphatic carbocycles. The van der Waals surface area contributed by atoms with E-state index in [-0.39, 0.29) is 6.61 Å². The van der Waals surface area contributed by atoms with Gasteiger partial charge in [0.1, 0.15) is 12.4 Å². The van der Waals surface area contributed by atoms with Gasteiger partial charge in [-0.05, 0) is 13.3 Å². The van der Waals surface area contributed by atoms with Crippen molar-refractivity contribution in [3.8, 4) is 0 Å². The lowest BCUT2D eigenvalue weighted by Crippen LogP contribution is -2.06. The van der Waals surface area contributed by atoms with Crippen LogP contribution in [-0.4, -0.2) is 41.5 Å². The molecule has 0 radical (unpaired) electrons. The molecule has 0 amide bonds. The van der Waals surface area contributed by atoms with E-state index in [1.165, 1.54) is 0 Å². The monoisotopic (exact) mass is 245 g/mol. The van der Waals surface area contributed by atoms with Gasteiger partial charge in [0.25, 0.3) is 0 Å². The second-order valence-electron chi connectivity index (χ2n) is 3.80. The molecule has 0 aliphatic heterocycles. The van der Waals surface area contributed by atoms with Crippen molar-refractivity contribution in [2.45, 2.75) is 32.9 Å². The number of hydrogen-bond donors (Lipinski definition) is 0. The summed E-state index contributed by atoms with van der Waals surface area (Å²) >= 11 is 0. The van der Waals surface area contributed by atoms with Gasteiger partial charge in [-0.2, -0.15) is 0 Å². The molecule has 1 aromatic rings. The van der Waals surface area contributed by atoms with Gasteiger partial charge in [0.05, 0.1) is 38.7 Å². The van der Waals surface area contributed by atoms with Crippen molar-refractivity contribution in [1.82, 2.24) is 15.0 Å². The van der Waals surface area contributed by atoms with Crippen LogP contribution < -0.4 is 0 Å². The zero-order chi connectivity index (χ0) is 12.5. The maximum absolute atomic E-state index is 11.7. The third-order valence-corrected chi connectivity index (χ3v) is 2.44. The van der Waals surface area contributed by atoms with Crippen LogP contribution in [0.1, 0.15) is 32.0 Å². The van der Waals surface area contributed by atoms with Crippen LogP contribution in [0.3, 0.4) is 0 Å². The summed E-state index contributed by atoms with van der Waals surface area (Å²) in [6.07, 6.45) is 2.90. The normalized spacial score (nSPS) is 12.9. The van der Waals surface area contributed by atoms with E-state index in [9.17, 15) is 4.39 Å². The second-order valence-corrected chi connectivity index (χ2v) is 3.80. The summed E-state index contributed by atoms with van der Waals surface area (Å²) in [5, 5.41) is 8.03. The number of hydrogen-bond acceptors (Lipinski definition) is 4. The number of ether oxygens (including phenoxy) is 2. The van der Waals surface area contributed by atoms with E-state index >= 15 is 0 Å². The van der Waals surface area contributed by atoms with E-state index in [1.807, 2.05) is 10.9 Å². The summed E-state index contributed by atoms with van der Waals surface area (Å²) in [6, 6.07) is 0.351. The minimum Gasteiger partial charge on any atom is -0.376 e. The van der Waals surface area contributed by atoms with Crippen LogP contribution in [0.2, 0.25) is 0 Å². The minimum absolute atomic E-state index is 0.132. The van der Waals surface area contributed by atoms with Crippen LogP contribution in [-0.2, 0) is 16.1 Å². The van der Waals surface area contributed by atoms with Gasteiger partial charge in [0.2, 0.25) is 0 Å². The first-order chi connectivity index (χ1) is 8.27. The lowest BCUT2D eigenvalue weighted by Gasteiger charge is -2.06. The Hall–Kier alpha value is -1.01. The Balaban J connectivity index is 2.16. The number of rotatable bonds is 9. The van der Waals surface area contributed by atoms with Gasteiger partial charge in [0, 0.05) is 0 Å². The Bertz CT molecular complexity index is 307. The molecule has 0 aliphatic rings. The molecule has 0 saturated carbocycles. The molecule has 0 bridgehead atoms. The summed E-state index contributed by atoms with van der Waals surface area (Å²) < 4.78 is 23.8. The van der Waals surface area contributed by atoms with Crippen molar-refractivity contribution in [2.75, 3.05) is 26.5 Å². The molecule has 0 aromatic carbocycles. The van der Waals surface area contributed by atoms with E-state index in [1.54, 1.807) is 0 Å². The summed E-state index contributed by atoms with van der Waals surface area (Å²) in [6.45, 7) is 5.13. The summed E-state index contributed by atoms with van der Waals surface area (Å²) in [7, 11) is 0. The quantitative estimate of drug-likeness (QED) is 0.622. The highest BCUT2D eigenvalue weighted by molar-refractivity contribution is 4.90. The molecule has 1 atom stereocenters. The molecule has 0 spiro atoms. The Kier molecular flexibility index (Phi) is 6.73. The molecule has 17 heavy (non-hydrogen) atoms. The third-order valence-electron chi connectivity index (χ3n) is 2.44. The number of halogens is 1. The van der Waals surface area contributed by atoms with E-state index in [0.717, 1.165) is 12.1 Å². The molecular weight excluding hydrogens is 225 g/mol. The van der Waals surface area contributed by atoms with Crippen molar-refractivity contribution in [1.29, 1.82) is 0 Å². The van der Waals surface area contributed by atoms with Crippen LogP contribution in [0.15, 0.2) is 6.20 Å². The first kappa shape index (κ1) is 14.1. The molecule has 1 unspecified atom stereocenters. The SMILES string of the molecule is CCC(C)n1cc(COCCOCCF)nn1. The van der Waals surface area contributed by atoms with E-state index < -0.39 is 6.67 Å². The zero-order valence-corrected chi connectivity index (χ0v) is 10.4. The topological polar surface area (TPSA) is 49.2 Å². The average Bonchev–Trinajstić information content (AvgIpc) is 2.81. The number of nitrogens with zero attached hydrogens (tertiary/aromatic N) is 3. The van der Waals surface area contributed by atoms with Gasteiger partial charge < -0.3 is 9.47 Å². The molecular formula is C11H20FN3O2. The molecule has 0 N–H and O–H groups in total. The number of alkyl halides is 1. The second kappa shape index (κ2) is 8.14. The van der Waals surface area contributed by atoms with E-state index in [2.05, 4.69) is 24.2 Å². The minimum atomic E-state index is -0.455. The predicted molar refractivity (Wildman–Crippen MR) is 61.5 cm³/mol. The van der Waals surface area contributed by atoms with Crippen LogP contribution >= 0.6 is 0 Å². The van der Waals surface area contributed by atoms with Crippen LogP contribution in [0.5, 0.6) is 0 Å². The van der Waals surface area contributed by atoms with Crippen molar-refractivity contribution >= 4 is 0 Å². The summed E-state index contributed by atoms with van der Waals surface area (Å²) in [5.41, 5.74) is 0.802. The zero-order valence-electron chi connectivity index (χ0n) is 10.4. The Morgan fingerprint density at radius 3 is 2.82 bits per heavy atom. The molecule has 98 valence electrons. The summed E-state index contributed by atoms with van der Waals surface area (Å²) in [4.78, 5) is 0. The molecule has 1 heterocycles. The fourth-order valence-corrected chi connectivity index (χ4v) is 1.23.